The van der Waals surface area contributed by atoms with Crippen LogP contribution < -0.4 is 15.5 Å². The third kappa shape index (κ3) is 9.44. The smallest absolute Gasteiger partial charge is 0.137 e. The molecule has 8 heteroatoms. The normalized spacial score (nSPS) is 15.8. The van der Waals surface area contributed by atoms with Crippen molar-refractivity contribution in [1.29, 1.82) is 0 Å². The van der Waals surface area contributed by atoms with Gasteiger partial charge in [-0.15, -0.1) is 0 Å². The molecule has 1 fully saturated rings. The minimum atomic E-state index is -0.702. The molecule has 0 spiro atoms. The van der Waals surface area contributed by atoms with E-state index < -0.39 is 4.65 Å². The zero-order valence-electron chi connectivity index (χ0n) is 24.7. The number of piperidine rings is 1. The molecule has 1 unspecified atom stereocenters. The number of thiol groups is 1. The van der Waals surface area contributed by atoms with Gasteiger partial charge in [0.1, 0.15) is 12.1 Å². The van der Waals surface area contributed by atoms with Crippen LogP contribution >= 0.6 is 12.6 Å². The molecule has 0 bridgehead atoms. The Hall–Kier alpha value is -2.18. The summed E-state index contributed by atoms with van der Waals surface area (Å²) in [4.78, 5) is 11.9. The van der Waals surface area contributed by atoms with Crippen molar-refractivity contribution in [1.82, 2.24) is 15.3 Å². The number of aromatic nitrogens is 2. The van der Waals surface area contributed by atoms with Gasteiger partial charge >= 0.3 is 0 Å². The number of rotatable bonds is 14. The number of nitrogens with one attached hydrogen (secondary N) is 2. The van der Waals surface area contributed by atoms with E-state index in [9.17, 15) is 0 Å². The molecule has 5 nitrogen and oxygen atoms in total. The number of fused-ring (bicyclic) bond motifs is 1. The summed E-state index contributed by atoms with van der Waals surface area (Å²) in [5, 5.41) is 8.06. The second kappa shape index (κ2) is 14.1. The van der Waals surface area contributed by atoms with Crippen LogP contribution in [0.1, 0.15) is 75.5 Å². The summed E-state index contributed by atoms with van der Waals surface area (Å²) in [6, 6.07) is 13.1. The molecule has 4 radical (unpaired) electrons. The average molecular weight is 553 g/mol. The molecule has 1 atom stereocenters. The van der Waals surface area contributed by atoms with Crippen LogP contribution in [0.3, 0.4) is 0 Å². The molecule has 1 saturated heterocycles. The van der Waals surface area contributed by atoms with Crippen molar-refractivity contribution in [2.24, 2.45) is 0 Å². The summed E-state index contributed by atoms with van der Waals surface area (Å²) < 4.78 is -0.702. The molecule has 3 aromatic rings. The average Bonchev–Trinajstić information content (AvgIpc) is 2.91. The molecule has 2 aromatic carbocycles. The van der Waals surface area contributed by atoms with Crippen molar-refractivity contribution in [2.45, 2.75) is 88.6 Å². The van der Waals surface area contributed by atoms with E-state index in [0.29, 0.717) is 19.5 Å². The molecular weight excluding hydrogens is 508 g/mol. The van der Waals surface area contributed by atoms with Crippen LogP contribution in [0.25, 0.3) is 10.9 Å². The maximum atomic E-state index is 6.77. The van der Waals surface area contributed by atoms with Gasteiger partial charge in [-0.3, -0.25) is 0 Å². The molecule has 0 aliphatic carbocycles. The lowest BCUT2D eigenvalue weighted by atomic mass is 9.69. The van der Waals surface area contributed by atoms with E-state index in [1.165, 1.54) is 36.1 Å². The van der Waals surface area contributed by atoms with Gasteiger partial charge < -0.3 is 15.5 Å². The van der Waals surface area contributed by atoms with Crippen LogP contribution in [0.15, 0.2) is 42.7 Å². The topological polar surface area (TPSA) is 53.1 Å². The fraction of sp³-hybridized carbons (Fsp3) is 0.562. The molecule has 1 aliphatic rings. The first-order chi connectivity index (χ1) is 19.1. The van der Waals surface area contributed by atoms with Gasteiger partial charge in [0.2, 0.25) is 0 Å². The maximum Gasteiger partial charge on any atom is 0.137 e. The van der Waals surface area contributed by atoms with Gasteiger partial charge in [0.05, 0.1) is 21.2 Å². The van der Waals surface area contributed by atoms with Gasteiger partial charge in [0.15, 0.2) is 0 Å². The third-order valence-corrected chi connectivity index (χ3v) is 7.98. The SMILES string of the molecule is [B]C(C)(C)CCCCCNCC([B])(S)Cc1cc(N2CCCCC2)cc2c(NCc3cccc(C)c3)ncnc12. The summed E-state index contributed by atoms with van der Waals surface area (Å²) >= 11 is 4.92. The zero-order chi connectivity index (χ0) is 28.6. The number of hydrogen-bond acceptors (Lipinski definition) is 6. The quantitative estimate of drug-likeness (QED) is 0.123. The van der Waals surface area contributed by atoms with E-state index in [1.807, 2.05) is 0 Å². The number of unbranched alkanes of at least 4 members (excludes halogenated alkanes) is 2. The lowest BCUT2D eigenvalue weighted by Gasteiger charge is -2.31. The summed E-state index contributed by atoms with van der Waals surface area (Å²) in [7, 11) is 12.9. The van der Waals surface area contributed by atoms with Gasteiger partial charge in [0, 0.05) is 37.3 Å². The monoisotopic (exact) mass is 553 g/mol. The Morgan fingerprint density at radius 2 is 1.80 bits per heavy atom. The number of hydrogen-bond donors (Lipinski definition) is 3. The van der Waals surface area contributed by atoms with E-state index in [0.717, 1.165) is 67.6 Å². The first-order valence-corrected chi connectivity index (χ1v) is 15.4. The van der Waals surface area contributed by atoms with Crippen molar-refractivity contribution in [3.8, 4) is 0 Å². The molecule has 40 heavy (non-hydrogen) atoms. The van der Waals surface area contributed by atoms with Crippen LogP contribution in [-0.2, 0) is 13.0 Å². The summed E-state index contributed by atoms with van der Waals surface area (Å²) in [6.45, 7) is 10.7. The van der Waals surface area contributed by atoms with Crippen molar-refractivity contribution >= 4 is 50.7 Å². The number of aryl methyl sites for hydroxylation is 1. The highest BCUT2D eigenvalue weighted by Crippen LogP contribution is 2.33. The standard InChI is InChI=1S/C32H45B2N5S/c1-24-11-10-12-25(17-24)21-36-30-28-19-27(39-15-8-5-9-16-39)18-26(29(28)37-23-38-30)20-32(34,40)22-35-14-7-4-6-13-31(2,3)33/h10-12,17-19,23,35,40H,4-9,13-16,20-22H2,1-3H3,(H,36,37,38). The molecule has 2 heterocycles. The molecule has 2 N–H and O–H groups in total. The first kappa shape index (κ1) is 30.8. The van der Waals surface area contributed by atoms with Crippen LogP contribution in [0, 0.1) is 6.92 Å². The highest BCUT2D eigenvalue weighted by atomic mass is 32.1. The van der Waals surface area contributed by atoms with Crippen LogP contribution in [0.2, 0.25) is 5.31 Å². The minimum Gasteiger partial charge on any atom is -0.372 e. The van der Waals surface area contributed by atoms with E-state index >= 15 is 0 Å². The highest BCUT2D eigenvalue weighted by molar-refractivity contribution is 7.83. The Bertz CT molecular complexity index is 1240. The van der Waals surface area contributed by atoms with Gasteiger partial charge in [0.25, 0.3) is 0 Å². The zero-order valence-corrected chi connectivity index (χ0v) is 25.6. The van der Waals surface area contributed by atoms with Gasteiger partial charge in [-0.25, -0.2) is 9.97 Å². The molecule has 1 aliphatic heterocycles. The van der Waals surface area contributed by atoms with E-state index in [2.05, 4.69) is 77.7 Å². The van der Waals surface area contributed by atoms with Crippen LogP contribution in [0.5, 0.6) is 0 Å². The van der Waals surface area contributed by atoms with Crippen molar-refractivity contribution < 1.29 is 0 Å². The Balaban J connectivity index is 1.49. The largest absolute Gasteiger partial charge is 0.372 e. The molecular formula is C32H45B2N5S. The summed E-state index contributed by atoms with van der Waals surface area (Å²) in [5.41, 5.74) is 5.76. The van der Waals surface area contributed by atoms with E-state index in [-0.39, 0.29) is 5.31 Å². The Labute approximate surface area is 249 Å². The maximum absolute atomic E-state index is 6.77. The fourth-order valence-corrected chi connectivity index (χ4v) is 5.83. The number of anilines is 2. The summed E-state index contributed by atoms with van der Waals surface area (Å²) in [6.07, 6.45) is 10.5. The number of nitrogens with zero attached hydrogens (tertiary/aromatic N) is 3. The van der Waals surface area contributed by atoms with Gasteiger partial charge in [-0.1, -0.05) is 68.3 Å². The Morgan fingerprint density at radius 3 is 2.55 bits per heavy atom. The van der Waals surface area contributed by atoms with Gasteiger partial charge in [-0.05, 0) is 73.5 Å². The number of benzene rings is 2. The second-order valence-electron chi connectivity index (χ2n) is 12.4. The molecule has 0 saturated carbocycles. The fourth-order valence-electron chi connectivity index (χ4n) is 5.55. The molecule has 0 amide bonds. The van der Waals surface area contributed by atoms with Gasteiger partial charge in [-0.2, -0.15) is 12.6 Å². The highest BCUT2D eigenvalue weighted by Gasteiger charge is 2.23. The predicted octanol–water partition coefficient (Wildman–Crippen LogP) is 6.39. The van der Waals surface area contributed by atoms with Crippen molar-refractivity contribution in [2.75, 3.05) is 36.4 Å². The van der Waals surface area contributed by atoms with Crippen molar-refractivity contribution in [3.63, 3.8) is 0 Å². The first-order valence-electron chi connectivity index (χ1n) is 14.9. The van der Waals surface area contributed by atoms with E-state index in [4.69, 9.17) is 33.3 Å². The second-order valence-corrected chi connectivity index (χ2v) is 13.3. The van der Waals surface area contributed by atoms with E-state index in [1.54, 1.807) is 6.33 Å². The predicted molar refractivity (Wildman–Crippen MR) is 176 cm³/mol. The van der Waals surface area contributed by atoms with Crippen LogP contribution in [-0.4, -0.2) is 56.5 Å². The Kier molecular flexibility index (Phi) is 10.9. The van der Waals surface area contributed by atoms with Crippen LogP contribution in [0.4, 0.5) is 11.5 Å². The third-order valence-electron chi connectivity index (χ3n) is 7.67. The molecule has 210 valence electrons. The Morgan fingerprint density at radius 1 is 1.00 bits per heavy atom. The minimum absolute atomic E-state index is 0.0873. The molecule has 1 aromatic heterocycles. The lowest BCUT2D eigenvalue weighted by molar-refractivity contribution is 0.526. The van der Waals surface area contributed by atoms with Crippen molar-refractivity contribution in [3.05, 3.63) is 59.4 Å². The lowest BCUT2D eigenvalue weighted by Crippen LogP contribution is -2.39. The summed E-state index contributed by atoms with van der Waals surface area (Å²) in [5.74, 6) is 0.854. The molecule has 4 rings (SSSR count).